The molecule has 0 bridgehead atoms. The summed E-state index contributed by atoms with van der Waals surface area (Å²) in [4.78, 5) is 0. The van der Waals surface area contributed by atoms with Crippen LogP contribution in [0.5, 0.6) is 0 Å². The van der Waals surface area contributed by atoms with E-state index in [1.807, 2.05) is 6.07 Å². The van der Waals surface area contributed by atoms with Crippen LogP contribution in [-0.2, 0) is 31.1 Å². The highest BCUT2D eigenvalue weighted by Gasteiger charge is 2.47. The summed E-state index contributed by atoms with van der Waals surface area (Å²) in [6, 6.07) is 27.5. The predicted octanol–water partition coefficient (Wildman–Crippen LogP) is 5.80. The van der Waals surface area contributed by atoms with Gasteiger partial charge in [0.1, 0.15) is 7.85 Å². The van der Waals surface area contributed by atoms with E-state index in [0.717, 1.165) is 9.94 Å². The maximum Gasteiger partial charge on any atom is 0.113 e. The Hall–Kier alpha value is -2.58. The van der Waals surface area contributed by atoms with Crippen molar-refractivity contribution in [1.82, 2.24) is 0 Å². The Morgan fingerprint density at radius 2 is 1.13 bits per heavy atom. The van der Waals surface area contributed by atoms with Gasteiger partial charge < -0.3 is 0 Å². The molecule has 0 spiro atoms. The molecule has 4 aromatic rings. The highest BCUT2D eigenvalue weighted by Crippen LogP contribution is 2.57. The van der Waals surface area contributed by atoms with Crippen LogP contribution in [0.4, 0.5) is 0 Å². The number of benzene rings is 4. The van der Waals surface area contributed by atoms with Crippen molar-refractivity contribution in [1.29, 1.82) is 0 Å². The average molecular weight is 459 g/mol. The van der Waals surface area contributed by atoms with Crippen LogP contribution in [0.25, 0.3) is 11.1 Å². The summed E-state index contributed by atoms with van der Waals surface area (Å²) in [6.07, 6.45) is 4.76. The Labute approximate surface area is 192 Å². The summed E-state index contributed by atoms with van der Waals surface area (Å²) in [5.41, 5.74) is 14.4. The normalized spacial score (nSPS) is 16.4. The molecule has 0 fully saturated rings. The number of hydrogen-bond donors (Lipinski definition) is 0. The molecule has 0 atom stereocenters. The quantitative estimate of drug-likeness (QED) is 0.293. The van der Waals surface area contributed by atoms with Crippen LogP contribution in [0.15, 0.2) is 77.3 Å². The van der Waals surface area contributed by atoms with Crippen LogP contribution < -0.4 is 5.46 Å². The SMILES string of the molecule is [B]c1ccc2c(c1)C(c1ccc3c(c1)CC3)(c1ccc3c(c1)CC3)c1cc(Br)ccc1-2. The van der Waals surface area contributed by atoms with Crippen LogP contribution in [0.2, 0.25) is 0 Å². The van der Waals surface area contributed by atoms with Crippen molar-refractivity contribution in [3.8, 4) is 11.1 Å². The van der Waals surface area contributed by atoms with Crippen LogP contribution in [0.3, 0.4) is 0 Å². The molecule has 31 heavy (non-hydrogen) atoms. The maximum atomic E-state index is 6.39. The molecule has 0 aromatic heterocycles. The summed E-state index contributed by atoms with van der Waals surface area (Å²) in [5.74, 6) is 0. The minimum absolute atomic E-state index is 0.348. The Morgan fingerprint density at radius 3 is 1.68 bits per heavy atom. The van der Waals surface area contributed by atoms with E-state index >= 15 is 0 Å². The van der Waals surface area contributed by atoms with E-state index in [-0.39, 0.29) is 5.41 Å². The van der Waals surface area contributed by atoms with Crippen molar-refractivity contribution in [2.45, 2.75) is 31.1 Å². The van der Waals surface area contributed by atoms with E-state index in [0.29, 0.717) is 0 Å². The molecular weight excluding hydrogens is 439 g/mol. The molecule has 0 unspecified atom stereocenters. The Kier molecular flexibility index (Phi) is 3.63. The van der Waals surface area contributed by atoms with Crippen LogP contribution in [-0.4, -0.2) is 7.85 Å². The second kappa shape index (κ2) is 6.23. The molecule has 0 aliphatic heterocycles. The van der Waals surface area contributed by atoms with Crippen LogP contribution in [0.1, 0.15) is 44.5 Å². The fourth-order valence-corrected chi connectivity index (χ4v) is 6.32. The molecule has 3 aliphatic carbocycles. The molecule has 0 N–H and O–H groups in total. The number of aryl methyl sites for hydroxylation is 4. The van der Waals surface area contributed by atoms with Gasteiger partial charge in [0.25, 0.3) is 0 Å². The van der Waals surface area contributed by atoms with Crippen molar-refractivity contribution >= 4 is 29.2 Å². The van der Waals surface area contributed by atoms with Gasteiger partial charge in [0.05, 0.1) is 5.41 Å². The van der Waals surface area contributed by atoms with E-state index < -0.39 is 0 Å². The lowest BCUT2D eigenvalue weighted by Crippen LogP contribution is -2.31. The first-order chi connectivity index (χ1) is 15.1. The lowest BCUT2D eigenvalue weighted by atomic mass is 9.65. The minimum atomic E-state index is -0.348. The number of fused-ring (bicyclic) bond motifs is 5. The number of rotatable bonds is 2. The molecule has 4 aromatic carbocycles. The summed E-state index contributed by atoms with van der Waals surface area (Å²) in [7, 11) is 6.39. The molecule has 0 heterocycles. The highest BCUT2D eigenvalue weighted by atomic mass is 79.9. The standard InChI is InChI=1S/C29H20BBr/c30-23-9-11-25-26-12-10-24(31)16-28(26)29(27(25)15-23,21-7-5-17-1-3-19(17)13-21)22-8-6-18-2-4-20(18)14-22/h5-16H,1-4H2. The van der Waals surface area contributed by atoms with E-state index in [2.05, 4.69) is 82.7 Å². The molecule has 0 saturated carbocycles. The van der Waals surface area contributed by atoms with Gasteiger partial charge in [-0.05, 0) is 93.5 Å². The van der Waals surface area contributed by atoms with Gasteiger partial charge in [-0.1, -0.05) is 82.1 Å². The van der Waals surface area contributed by atoms with Gasteiger partial charge in [0, 0.05) is 4.47 Å². The average Bonchev–Trinajstić information content (AvgIpc) is 2.99. The lowest BCUT2D eigenvalue weighted by molar-refractivity contribution is 0.740. The fraction of sp³-hybridized carbons (Fsp3) is 0.172. The Morgan fingerprint density at radius 1 is 0.581 bits per heavy atom. The summed E-state index contributed by atoms with van der Waals surface area (Å²) < 4.78 is 1.12. The van der Waals surface area contributed by atoms with E-state index in [9.17, 15) is 0 Å². The first kappa shape index (κ1) is 18.0. The number of hydrogen-bond acceptors (Lipinski definition) is 0. The van der Waals surface area contributed by atoms with E-state index in [1.54, 1.807) is 0 Å². The second-order valence-electron chi connectivity index (χ2n) is 9.21. The van der Waals surface area contributed by atoms with Gasteiger partial charge in [-0.25, -0.2) is 0 Å². The van der Waals surface area contributed by atoms with Crippen molar-refractivity contribution in [3.63, 3.8) is 0 Å². The van der Waals surface area contributed by atoms with Crippen LogP contribution >= 0.6 is 15.9 Å². The largest absolute Gasteiger partial charge is 0.113 e. The third-order valence-electron chi connectivity index (χ3n) is 7.73. The fourth-order valence-electron chi connectivity index (χ4n) is 5.96. The van der Waals surface area contributed by atoms with Crippen molar-refractivity contribution in [2.24, 2.45) is 0 Å². The molecule has 0 amide bonds. The van der Waals surface area contributed by atoms with Gasteiger partial charge in [0.2, 0.25) is 0 Å². The second-order valence-corrected chi connectivity index (χ2v) is 10.1. The first-order valence-electron chi connectivity index (χ1n) is 11.1. The zero-order valence-electron chi connectivity index (χ0n) is 17.2. The monoisotopic (exact) mass is 458 g/mol. The van der Waals surface area contributed by atoms with Crippen molar-refractivity contribution < 1.29 is 0 Å². The minimum Gasteiger partial charge on any atom is -0.0963 e. The van der Waals surface area contributed by atoms with Crippen molar-refractivity contribution in [2.75, 3.05) is 0 Å². The van der Waals surface area contributed by atoms with Crippen LogP contribution in [0, 0.1) is 0 Å². The molecule has 0 saturated heterocycles. The van der Waals surface area contributed by atoms with Crippen molar-refractivity contribution in [3.05, 3.63) is 122 Å². The van der Waals surface area contributed by atoms with Gasteiger partial charge >= 0.3 is 0 Å². The molecule has 3 aliphatic rings. The molecular formula is C29H20BBr. The van der Waals surface area contributed by atoms with Gasteiger partial charge in [-0.15, -0.1) is 0 Å². The first-order valence-corrected chi connectivity index (χ1v) is 11.9. The maximum absolute atomic E-state index is 6.39. The topological polar surface area (TPSA) is 0 Å². The molecule has 2 heteroatoms. The summed E-state index contributed by atoms with van der Waals surface area (Å²) in [5, 5.41) is 0. The van der Waals surface area contributed by atoms with Gasteiger partial charge in [0.15, 0.2) is 0 Å². The highest BCUT2D eigenvalue weighted by molar-refractivity contribution is 9.10. The smallest absolute Gasteiger partial charge is 0.0963 e. The summed E-state index contributed by atoms with van der Waals surface area (Å²) in [6.45, 7) is 0. The van der Waals surface area contributed by atoms with Gasteiger partial charge in [-0.3, -0.25) is 0 Å². The zero-order chi connectivity index (χ0) is 20.7. The predicted molar refractivity (Wildman–Crippen MR) is 132 cm³/mol. The number of halogens is 1. The molecule has 2 radical (unpaired) electrons. The molecule has 146 valence electrons. The molecule has 7 rings (SSSR count). The van der Waals surface area contributed by atoms with E-state index in [4.69, 9.17) is 7.85 Å². The molecule has 0 nitrogen and oxygen atoms in total. The third-order valence-corrected chi connectivity index (χ3v) is 8.22. The van der Waals surface area contributed by atoms with E-state index in [1.165, 1.54) is 81.3 Å². The zero-order valence-corrected chi connectivity index (χ0v) is 18.8. The Bertz CT molecular complexity index is 1310. The third kappa shape index (κ3) is 2.32. The summed E-state index contributed by atoms with van der Waals surface area (Å²) >= 11 is 3.77. The lowest BCUT2D eigenvalue weighted by Gasteiger charge is -2.37. The Balaban J connectivity index is 1.65. The van der Waals surface area contributed by atoms with Gasteiger partial charge in [-0.2, -0.15) is 0 Å².